The molecular weight excluding hydrogens is 172 g/mol. The first-order chi connectivity index (χ1) is 6.93. The average Bonchev–Trinajstić information content (AvgIpc) is 2.26. The fourth-order valence-corrected chi connectivity index (χ4v) is 3.86. The zero-order valence-electron chi connectivity index (χ0n) is 9.08. The zero-order chi connectivity index (χ0) is 9.38. The first-order valence-corrected chi connectivity index (χ1v) is 6.59. The summed E-state index contributed by atoms with van der Waals surface area (Å²) in [5.41, 5.74) is 0. The van der Waals surface area contributed by atoms with E-state index in [0.29, 0.717) is 12.2 Å². The van der Waals surface area contributed by atoms with Crippen LogP contribution in [0.4, 0.5) is 0 Å². The van der Waals surface area contributed by atoms with E-state index in [2.05, 4.69) is 0 Å². The van der Waals surface area contributed by atoms with Crippen LogP contribution in [0.25, 0.3) is 0 Å². The minimum Gasteiger partial charge on any atom is -0.374 e. The van der Waals surface area contributed by atoms with Crippen molar-refractivity contribution in [1.82, 2.24) is 0 Å². The highest BCUT2D eigenvalue weighted by atomic mass is 16.5. The van der Waals surface area contributed by atoms with Gasteiger partial charge in [-0.05, 0) is 43.9 Å². The molecule has 1 heteroatoms. The Morgan fingerprint density at radius 2 is 1.14 bits per heavy atom. The molecule has 1 heterocycles. The van der Waals surface area contributed by atoms with Gasteiger partial charge in [0.05, 0.1) is 12.2 Å². The SMILES string of the molecule is C1CCC2OC3CCCCC3CC2C1. The van der Waals surface area contributed by atoms with Crippen LogP contribution in [0.3, 0.4) is 0 Å². The standard InChI is InChI=1S/C13H22O/c1-3-7-12-10(5-1)9-11-6-2-4-8-13(11)14-12/h10-13H,1-9H2. The fourth-order valence-electron chi connectivity index (χ4n) is 3.86. The van der Waals surface area contributed by atoms with E-state index >= 15 is 0 Å². The molecule has 2 aliphatic carbocycles. The first kappa shape index (κ1) is 9.21. The third-order valence-electron chi connectivity index (χ3n) is 4.63. The van der Waals surface area contributed by atoms with Gasteiger partial charge in [0.2, 0.25) is 0 Å². The molecule has 4 atom stereocenters. The molecule has 3 fully saturated rings. The van der Waals surface area contributed by atoms with Crippen LogP contribution < -0.4 is 0 Å². The van der Waals surface area contributed by atoms with E-state index < -0.39 is 0 Å². The van der Waals surface area contributed by atoms with Crippen LogP contribution in [0.2, 0.25) is 0 Å². The van der Waals surface area contributed by atoms with Crippen molar-refractivity contribution in [2.45, 2.75) is 70.0 Å². The monoisotopic (exact) mass is 194 g/mol. The molecule has 0 spiro atoms. The van der Waals surface area contributed by atoms with Crippen molar-refractivity contribution in [2.75, 3.05) is 0 Å². The molecule has 1 aliphatic heterocycles. The Kier molecular flexibility index (Phi) is 2.53. The van der Waals surface area contributed by atoms with Gasteiger partial charge in [-0.3, -0.25) is 0 Å². The molecule has 2 saturated carbocycles. The summed E-state index contributed by atoms with van der Waals surface area (Å²) in [6.45, 7) is 0. The third-order valence-corrected chi connectivity index (χ3v) is 4.63. The van der Waals surface area contributed by atoms with E-state index in [-0.39, 0.29) is 0 Å². The Morgan fingerprint density at radius 1 is 0.643 bits per heavy atom. The summed E-state index contributed by atoms with van der Waals surface area (Å²) in [6, 6.07) is 0. The number of fused-ring (bicyclic) bond motifs is 2. The van der Waals surface area contributed by atoms with Crippen molar-refractivity contribution in [2.24, 2.45) is 11.8 Å². The Bertz CT molecular complexity index is 159. The van der Waals surface area contributed by atoms with Crippen molar-refractivity contribution in [3.05, 3.63) is 0 Å². The van der Waals surface area contributed by atoms with Crippen LogP contribution in [0.15, 0.2) is 0 Å². The second-order valence-electron chi connectivity index (χ2n) is 5.54. The van der Waals surface area contributed by atoms with Crippen LogP contribution in [-0.2, 0) is 4.74 Å². The molecule has 4 unspecified atom stereocenters. The van der Waals surface area contributed by atoms with Gasteiger partial charge in [-0.2, -0.15) is 0 Å². The van der Waals surface area contributed by atoms with E-state index in [0.717, 1.165) is 11.8 Å². The highest BCUT2D eigenvalue weighted by Crippen LogP contribution is 2.43. The Hall–Kier alpha value is -0.0400. The number of hydrogen-bond donors (Lipinski definition) is 0. The number of ether oxygens (including phenoxy) is 1. The Morgan fingerprint density at radius 3 is 1.71 bits per heavy atom. The van der Waals surface area contributed by atoms with Gasteiger partial charge in [-0.15, -0.1) is 0 Å². The average molecular weight is 194 g/mol. The second-order valence-corrected chi connectivity index (χ2v) is 5.54. The second kappa shape index (κ2) is 3.84. The molecule has 0 aromatic heterocycles. The maximum atomic E-state index is 6.29. The largest absolute Gasteiger partial charge is 0.374 e. The van der Waals surface area contributed by atoms with Gasteiger partial charge < -0.3 is 4.74 Å². The highest BCUT2D eigenvalue weighted by molar-refractivity contribution is 4.88. The van der Waals surface area contributed by atoms with Gasteiger partial charge in [0, 0.05) is 0 Å². The predicted molar refractivity (Wildman–Crippen MR) is 57.2 cm³/mol. The van der Waals surface area contributed by atoms with Crippen LogP contribution in [0.1, 0.15) is 57.8 Å². The van der Waals surface area contributed by atoms with Crippen LogP contribution in [-0.4, -0.2) is 12.2 Å². The maximum Gasteiger partial charge on any atom is 0.0607 e. The van der Waals surface area contributed by atoms with Crippen LogP contribution >= 0.6 is 0 Å². The van der Waals surface area contributed by atoms with E-state index in [4.69, 9.17) is 4.74 Å². The lowest BCUT2D eigenvalue weighted by Gasteiger charge is -2.46. The molecule has 3 aliphatic rings. The van der Waals surface area contributed by atoms with E-state index in [1.807, 2.05) is 0 Å². The summed E-state index contributed by atoms with van der Waals surface area (Å²) in [5.74, 6) is 1.87. The third kappa shape index (κ3) is 1.60. The molecule has 0 radical (unpaired) electrons. The van der Waals surface area contributed by atoms with Gasteiger partial charge in [-0.25, -0.2) is 0 Å². The topological polar surface area (TPSA) is 9.23 Å². The van der Waals surface area contributed by atoms with Gasteiger partial charge in [0.25, 0.3) is 0 Å². The lowest BCUT2D eigenvalue weighted by Crippen LogP contribution is -2.43. The highest BCUT2D eigenvalue weighted by Gasteiger charge is 2.39. The quantitative estimate of drug-likeness (QED) is 0.573. The molecule has 0 amide bonds. The molecule has 0 bridgehead atoms. The van der Waals surface area contributed by atoms with Crippen molar-refractivity contribution in [3.63, 3.8) is 0 Å². The van der Waals surface area contributed by atoms with Gasteiger partial charge in [-0.1, -0.05) is 25.7 Å². The molecular formula is C13H22O. The van der Waals surface area contributed by atoms with Gasteiger partial charge in [0.1, 0.15) is 0 Å². The van der Waals surface area contributed by atoms with E-state index in [1.165, 1.54) is 57.8 Å². The summed E-state index contributed by atoms with van der Waals surface area (Å²) in [4.78, 5) is 0. The number of rotatable bonds is 0. The van der Waals surface area contributed by atoms with Crippen molar-refractivity contribution in [1.29, 1.82) is 0 Å². The summed E-state index contributed by atoms with van der Waals surface area (Å²) < 4.78 is 6.29. The first-order valence-electron chi connectivity index (χ1n) is 6.59. The van der Waals surface area contributed by atoms with Gasteiger partial charge in [0.15, 0.2) is 0 Å². The summed E-state index contributed by atoms with van der Waals surface area (Å²) in [5, 5.41) is 0. The Balaban J connectivity index is 1.68. The number of hydrogen-bond acceptors (Lipinski definition) is 1. The van der Waals surface area contributed by atoms with Crippen molar-refractivity contribution >= 4 is 0 Å². The predicted octanol–water partition coefficient (Wildman–Crippen LogP) is 3.52. The molecule has 3 rings (SSSR count). The van der Waals surface area contributed by atoms with E-state index in [9.17, 15) is 0 Å². The zero-order valence-corrected chi connectivity index (χ0v) is 9.08. The molecule has 0 N–H and O–H groups in total. The fraction of sp³-hybridized carbons (Fsp3) is 1.00. The summed E-state index contributed by atoms with van der Waals surface area (Å²) >= 11 is 0. The maximum absolute atomic E-state index is 6.29. The molecule has 0 aromatic carbocycles. The van der Waals surface area contributed by atoms with Gasteiger partial charge >= 0.3 is 0 Å². The molecule has 1 saturated heterocycles. The Labute approximate surface area is 87.2 Å². The molecule has 80 valence electrons. The van der Waals surface area contributed by atoms with E-state index in [1.54, 1.807) is 0 Å². The van der Waals surface area contributed by atoms with Crippen LogP contribution in [0, 0.1) is 11.8 Å². The summed E-state index contributed by atoms with van der Waals surface area (Å²) in [7, 11) is 0. The smallest absolute Gasteiger partial charge is 0.0607 e. The van der Waals surface area contributed by atoms with Crippen molar-refractivity contribution < 1.29 is 4.74 Å². The lowest BCUT2D eigenvalue weighted by atomic mass is 9.72. The minimum absolute atomic E-state index is 0.656. The normalized spacial score (nSPS) is 48.0. The molecule has 14 heavy (non-hydrogen) atoms. The molecule has 1 nitrogen and oxygen atoms in total. The van der Waals surface area contributed by atoms with Crippen molar-refractivity contribution in [3.8, 4) is 0 Å². The molecule has 0 aromatic rings. The minimum atomic E-state index is 0.656. The summed E-state index contributed by atoms with van der Waals surface area (Å²) in [6.07, 6.45) is 14.2. The van der Waals surface area contributed by atoms with Crippen LogP contribution in [0.5, 0.6) is 0 Å². The lowest BCUT2D eigenvalue weighted by molar-refractivity contribution is -0.140.